The predicted molar refractivity (Wildman–Crippen MR) is 71.0 cm³/mol. The van der Waals surface area contributed by atoms with Crippen molar-refractivity contribution in [2.75, 3.05) is 0 Å². The van der Waals surface area contributed by atoms with Gasteiger partial charge in [-0.1, -0.05) is 50.5 Å². The lowest BCUT2D eigenvalue weighted by Gasteiger charge is -2.05. The van der Waals surface area contributed by atoms with Crippen molar-refractivity contribution in [1.29, 1.82) is 0 Å². The molecule has 1 rings (SSSR count). The van der Waals surface area contributed by atoms with Crippen molar-refractivity contribution in [1.82, 2.24) is 0 Å². The topological polar surface area (TPSA) is 37.3 Å². The highest BCUT2D eigenvalue weighted by Gasteiger charge is 1.99. The Morgan fingerprint density at radius 3 is 2.71 bits per heavy atom. The van der Waals surface area contributed by atoms with E-state index in [2.05, 4.69) is 13.0 Å². The Morgan fingerprint density at radius 2 is 2.00 bits per heavy atom. The fourth-order valence-electron chi connectivity index (χ4n) is 1.83. The molecule has 17 heavy (non-hydrogen) atoms. The van der Waals surface area contributed by atoms with Gasteiger partial charge in [0.05, 0.1) is 0 Å². The van der Waals surface area contributed by atoms with Crippen LogP contribution >= 0.6 is 0 Å². The average molecular weight is 232 g/mol. The van der Waals surface area contributed by atoms with E-state index in [1.807, 2.05) is 18.2 Å². The molecule has 1 aromatic carbocycles. The van der Waals surface area contributed by atoms with Gasteiger partial charge in [-0.05, 0) is 30.0 Å². The molecular weight excluding hydrogens is 212 g/mol. The first-order chi connectivity index (χ1) is 8.24. The number of hydrogen-bond donors (Lipinski definition) is 1. The Labute approximate surface area is 103 Å². The minimum atomic E-state index is -0.897. The third kappa shape index (κ3) is 5.34. The normalized spacial score (nSPS) is 10.9. The Bertz CT molecular complexity index is 380. The highest BCUT2D eigenvalue weighted by molar-refractivity contribution is 5.85. The minimum absolute atomic E-state index is 0.897. The molecule has 0 fully saturated rings. The van der Waals surface area contributed by atoms with Gasteiger partial charge in [0.2, 0.25) is 0 Å². The van der Waals surface area contributed by atoms with Crippen LogP contribution in [0.2, 0.25) is 0 Å². The number of rotatable bonds is 7. The first-order valence-electron chi connectivity index (χ1n) is 6.23. The first-order valence-corrected chi connectivity index (χ1v) is 6.23. The van der Waals surface area contributed by atoms with Gasteiger partial charge in [0.1, 0.15) is 0 Å². The van der Waals surface area contributed by atoms with Crippen LogP contribution in [0.3, 0.4) is 0 Å². The zero-order valence-corrected chi connectivity index (χ0v) is 10.4. The summed E-state index contributed by atoms with van der Waals surface area (Å²) in [5, 5.41) is 8.62. The van der Waals surface area contributed by atoms with E-state index in [1.54, 1.807) is 6.08 Å². The van der Waals surface area contributed by atoms with Crippen molar-refractivity contribution in [3.05, 3.63) is 41.5 Å². The number of hydrogen-bond acceptors (Lipinski definition) is 1. The second kappa shape index (κ2) is 7.66. The van der Waals surface area contributed by atoms with Crippen LogP contribution in [0.4, 0.5) is 0 Å². The van der Waals surface area contributed by atoms with Crippen LogP contribution < -0.4 is 0 Å². The molecule has 0 aliphatic rings. The van der Waals surface area contributed by atoms with Crippen LogP contribution in [-0.4, -0.2) is 11.1 Å². The monoisotopic (exact) mass is 232 g/mol. The quantitative estimate of drug-likeness (QED) is 0.571. The fraction of sp³-hybridized carbons (Fsp3) is 0.400. The Morgan fingerprint density at radius 1 is 1.24 bits per heavy atom. The molecule has 0 unspecified atom stereocenters. The molecule has 1 aromatic rings. The Kier molecular flexibility index (Phi) is 6.08. The molecule has 0 amide bonds. The molecular formula is C15H20O2. The molecule has 2 nitrogen and oxygen atoms in total. The van der Waals surface area contributed by atoms with Crippen molar-refractivity contribution >= 4 is 12.0 Å². The van der Waals surface area contributed by atoms with E-state index in [4.69, 9.17) is 5.11 Å². The number of carboxylic acid groups (broad SMARTS) is 1. The van der Waals surface area contributed by atoms with Gasteiger partial charge in [-0.3, -0.25) is 0 Å². The van der Waals surface area contributed by atoms with Gasteiger partial charge < -0.3 is 5.11 Å². The number of benzene rings is 1. The number of aliphatic carboxylic acids is 1. The lowest BCUT2D eigenvalue weighted by molar-refractivity contribution is -0.131. The van der Waals surface area contributed by atoms with Crippen LogP contribution in [0.25, 0.3) is 6.08 Å². The van der Waals surface area contributed by atoms with E-state index in [9.17, 15) is 4.79 Å². The Balaban J connectivity index is 2.61. The lowest BCUT2D eigenvalue weighted by atomic mass is 10.0. The lowest BCUT2D eigenvalue weighted by Crippen LogP contribution is -1.91. The van der Waals surface area contributed by atoms with Gasteiger partial charge in [-0.25, -0.2) is 4.79 Å². The highest BCUT2D eigenvalue weighted by atomic mass is 16.4. The van der Waals surface area contributed by atoms with Crippen LogP contribution in [0.15, 0.2) is 30.3 Å². The second-order valence-corrected chi connectivity index (χ2v) is 4.18. The maximum Gasteiger partial charge on any atom is 0.328 e. The summed E-state index contributed by atoms with van der Waals surface area (Å²) in [7, 11) is 0. The maximum absolute atomic E-state index is 10.5. The number of aryl methyl sites for hydroxylation is 1. The third-order valence-corrected chi connectivity index (χ3v) is 2.76. The van der Waals surface area contributed by atoms with E-state index in [-0.39, 0.29) is 0 Å². The molecule has 0 spiro atoms. The predicted octanol–water partition coefficient (Wildman–Crippen LogP) is 3.91. The van der Waals surface area contributed by atoms with Gasteiger partial charge in [0, 0.05) is 6.08 Å². The van der Waals surface area contributed by atoms with Gasteiger partial charge in [0.25, 0.3) is 0 Å². The van der Waals surface area contributed by atoms with Crippen LogP contribution in [-0.2, 0) is 11.2 Å². The first kappa shape index (κ1) is 13.5. The van der Waals surface area contributed by atoms with Crippen LogP contribution in [0.1, 0.15) is 43.7 Å². The van der Waals surface area contributed by atoms with Crippen molar-refractivity contribution < 1.29 is 9.90 Å². The summed E-state index contributed by atoms with van der Waals surface area (Å²) in [6.45, 7) is 2.20. The Hall–Kier alpha value is -1.57. The molecule has 0 radical (unpaired) electrons. The van der Waals surface area contributed by atoms with Crippen molar-refractivity contribution in [2.24, 2.45) is 0 Å². The highest BCUT2D eigenvalue weighted by Crippen LogP contribution is 2.14. The smallest absolute Gasteiger partial charge is 0.328 e. The fourth-order valence-corrected chi connectivity index (χ4v) is 1.83. The summed E-state index contributed by atoms with van der Waals surface area (Å²) >= 11 is 0. The number of carboxylic acids is 1. The van der Waals surface area contributed by atoms with Gasteiger partial charge in [-0.2, -0.15) is 0 Å². The SMILES string of the molecule is CCCCCCc1ccccc1C=CC(=O)O. The van der Waals surface area contributed by atoms with Crippen LogP contribution in [0, 0.1) is 0 Å². The second-order valence-electron chi connectivity index (χ2n) is 4.18. The van der Waals surface area contributed by atoms with Crippen molar-refractivity contribution in [3.8, 4) is 0 Å². The summed E-state index contributed by atoms with van der Waals surface area (Å²) in [6, 6.07) is 7.99. The molecule has 0 aliphatic heterocycles. The van der Waals surface area contributed by atoms with E-state index in [1.165, 1.54) is 37.3 Å². The third-order valence-electron chi connectivity index (χ3n) is 2.76. The molecule has 0 aliphatic carbocycles. The summed E-state index contributed by atoms with van der Waals surface area (Å²) in [4.78, 5) is 10.5. The van der Waals surface area contributed by atoms with Crippen molar-refractivity contribution in [3.63, 3.8) is 0 Å². The number of unbranched alkanes of at least 4 members (excludes halogenated alkanes) is 3. The molecule has 0 aromatic heterocycles. The molecule has 2 heteroatoms. The molecule has 0 saturated heterocycles. The molecule has 0 bridgehead atoms. The van der Waals surface area contributed by atoms with Crippen LogP contribution in [0.5, 0.6) is 0 Å². The van der Waals surface area contributed by atoms with E-state index in [0.717, 1.165) is 12.0 Å². The molecule has 0 heterocycles. The molecule has 1 N–H and O–H groups in total. The van der Waals surface area contributed by atoms with Crippen molar-refractivity contribution in [2.45, 2.75) is 39.0 Å². The summed E-state index contributed by atoms with van der Waals surface area (Å²) in [5.41, 5.74) is 2.26. The molecule has 0 saturated carbocycles. The molecule has 92 valence electrons. The van der Waals surface area contributed by atoms with Gasteiger partial charge in [0.15, 0.2) is 0 Å². The zero-order chi connectivity index (χ0) is 12.5. The minimum Gasteiger partial charge on any atom is -0.478 e. The summed E-state index contributed by atoms with van der Waals surface area (Å²) < 4.78 is 0. The maximum atomic E-state index is 10.5. The zero-order valence-electron chi connectivity index (χ0n) is 10.4. The van der Waals surface area contributed by atoms with Gasteiger partial charge >= 0.3 is 5.97 Å². The average Bonchev–Trinajstić information content (AvgIpc) is 2.33. The van der Waals surface area contributed by atoms with Gasteiger partial charge in [-0.15, -0.1) is 0 Å². The summed E-state index contributed by atoms with van der Waals surface area (Å²) in [5.74, 6) is -0.897. The molecule has 0 atom stereocenters. The van der Waals surface area contributed by atoms with E-state index >= 15 is 0 Å². The van der Waals surface area contributed by atoms with E-state index in [0.29, 0.717) is 0 Å². The largest absolute Gasteiger partial charge is 0.478 e. The summed E-state index contributed by atoms with van der Waals surface area (Å²) in [6.07, 6.45) is 8.83. The standard InChI is InChI=1S/C15H20O2/c1-2-3-4-5-8-13-9-6-7-10-14(13)11-12-15(16)17/h6-7,9-12H,2-5,8H2,1H3,(H,16,17). The number of carbonyl (C=O) groups is 1. The van der Waals surface area contributed by atoms with E-state index < -0.39 is 5.97 Å².